The molecule has 1 heterocycles. The van der Waals surface area contributed by atoms with Crippen LogP contribution >= 0.6 is 11.6 Å². The maximum Gasteiger partial charge on any atom is 0.123 e. The van der Waals surface area contributed by atoms with E-state index in [1.807, 2.05) is 13.0 Å². The Morgan fingerprint density at radius 1 is 1.21 bits per heavy atom. The lowest BCUT2D eigenvalue weighted by Gasteiger charge is -2.25. The fourth-order valence-corrected chi connectivity index (χ4v) is 2.30. The molecule has 4 heteroatoms. The molecule has 1 atom stereocenters. The van der Waals surface area contributed by atoms with Gasteiger partial charge in [-0.1, -0.05) is 23.7 Å². The molecule has 0 fully saturated rings. The van der Waals surface area contributed by atoms with Crippen LogP contribution in [-0.4, -0.2) is 10.5 Å². The van der Waals surface area contributed by atoms with Crippen LogP contribution in [-0.2, 0) is 12.8 Å². The topological polar surface area (TPSA) is 38.9 Å². The lowest BCUT2D eigenvalue weighted by atomic mass is 9.88. The fraction of sp³-hybridized carbons (Fsp3) is 0.267. The molecule has 0 aliphatic carbocycles. The van der Waals surface area contributed by atoms with Crippen molar-refractivity contribution in [3.05, 3.63) is 64.7 Å². The molecule has 0 bridgehead atoms. The summed E-state index contributed by atoms with van der Waals surface area (Å²) in [7, 11) is 0. The minimum absolute atomic E-state index is 0.236. The van der Waals surface area contributed by atoms with Crippen LogP contribution in [0.2, 0.25) is 5.02 Å². The average Bonchev–Trinajstić information content (AvgIpc) is 2.35. The van der Waals surface area contributed by atoms with Crippen LogP contribution in [0.5, 0.6) is 0 Å². The van der Waals surface area contributed by atoms with E-state index in [-0.39, 0.29) is 5.82 Å². The first-order valence-corrected chi connectivity index (χ1v) is 6.46. The van der Waals surface area contributed by atoms with Gasteiger partial charge in [-0.25, -0.2) is 4.39 Å². The quantitative estimate of drug-likeness (QED) is 0.931. The van der Waals surface area contributed by atoms with E-state index in [0.29, 0.717) is 17.9 Å². The van der Waals surface area contributed by atoms with Gasteiger partial charge < -0.3 is 5.73 Å². The van der Waals surface area contributed by atoms with E-state index in [1.165, 1.54) is 12.1 Å². The first-order chi connectivity index (χ1) is 8.96. The van der Waals surface area contributed by atoms with Crippen LogP contribution in [0.15, 0.2) is 42.7 Å². The van der Waals surface area contributed by atoms with E-state index >= 15 is 0 Å². The molecule has 2 nitrogen and oxygen atoms in total. The average molecular weight is 279 g/mol. The second-order valence-electron chi connectivity index (χ2n) is 5.10. The third-order valence-corrected chi connectivity index (χ3v) is 3.31. The molecule has 2 aromatic rings. The van der Waals surface area contributed by atoms with Gasteiger partial charge in [-0.05, 0) is 49.1 Å². The van der Waals surface area contributed by atoms with Crippen LogP contribution in [0, 0.1) is 5.82 Å². The molecule has 1 unspecified atom stereocenters. The van der Waals surface area contributed by atoms with Crippen molar-refractivity contribution in [2.24, 2.45) is 5.73 Å². The van der Waals surface area contributed by atoms with Gasteiger partial charge in [0.05, 0.1) is 5.02 Å². The Morgan fingerprint density at radius 2 is 1.89 bits per heavy atom. The summed E-state index contributed by atoms with van der Waals surface area (Å²) >= 11 is 6.09. The highest BCUT2D eigenvalue weighted by Crippen LogP contribution is 2.21. The first kappa shape index (κ1) is 14.0. The van der Waals surface area contributed by atoms with Gasteiger partial charge in [-0.3, -0.25) is 4.98 Å². The first-order valence-electron chi connectivity index (χ1n) is 6.08. The van der Waals surface area contributed by atoms with Gasteiger partial charge in [0, 0.05) is 17.9 Å². The largest absolute Gasteiger partial charge is 0.325 e. The van der Waals surface area contributed by atoms with Crippen molar-refractivity contribution in [2.75, 3.05) is 0 Å². The summed E-state index contributed by atoms with van der Waals surface area (Å²) in [6, 6.07) is 8.29. The van der Waals surface area contributed by atoms with Gasteiger partial charge in [-0.15, -0.1) is 0 Å². The lowest BCUT2D eigenvalue weighted by Crippen LogP contribution is -2.41. The van der Waals surface area contributed by atoms with E-state index in [4.69, 9.17) is 17.3 Å². The summed E-state index contributed by atoms with van der Waals surface area (Å²) in [5, 5.41) is 0.623. The van der Waals surface area contributed by atoms with Crippen molar-refractivity contribution in [3.8, 4) is 0 Å². The molecule has 0 saturated carbocycles. The standard InChI is InChI=1S/C15H16ClFN2/c1-15(18,8-11-2-4-13(17)5-3-11)9-12-6-7-19-10-14(12)16/h2-7,10H,8-9,18H2,1H3. The van der Waals surface area contributed by atoms with E-state index in [1.54, 1.807) is 24.5 Å². The predicted octanol–water partition coefficient (Wildman–Crippen LogP) is 3.38. The molecule has 0 amide bonds. The molecule has 2 rings (SSSR count). The Kier molecular flexibility index (Phi) is 4.17. The third-order valence-electron chi connectivity index (χ3n) is 2.97. The zero-order valence-electron chi connectivity index (χ0n) is 10.7. The lowest BCUT2D eigenvalue weighted by molar-refractivity contribution is 0.462. The molecule has 100 valence electrons. The molecule has 19 heavy (non-hydrogen) atoms. The van der Waals surface area contributed by atoms with Crippen molar-refractivity contribution in [1.29, 1.82) is 0 Å². The number of aromatic nitrogens is 1. The SMILES string of the molecule is CC(N)(Cc1ccc(F)cc1)Cc1ccncc1Cl. The van der Waals surface area contributed by atoms with Crippen molar-refractivity contribution in [1.82, 2.24) is 4.98 Å². The number of pyridine rings is 1. The second kappa shape index (κ2) is 5.68. The maximum absolute atomic E-state index is 12.9. The Bertz CT molecular complexity index is 552. The van der Waals surface area contributed by atoms with E-state index < -0.39 is 5.54 Å². The molecule has 0 spiro atoms. The molecular weight excluding hydrogens is 263 g/mol. The van der Waals surface area contributed by atoms with Crippen LogP contribution in [0.1, 0.15) is 18.1 Å². The number of nitrogens with zero attached hydrogens (tertiary/aromatic N) is 1. The number of rotatable bonds is 4. The summed E-state index contributed by atoms with van der Waals surface area (Å²) < 4.78 is 12.9. The number of benzene rings is 1. The Hall–Kier alpha value is -1.45. The van der Waals surface area contributed by atoms with Gasteiger partial charge in [0.1, 0.15) is 5.82 Å². The normalized spacial score (nSPS) is 14.1. The highest BCUT2D eigenvalue weighted by Gasteiger charge is 2.21. The number of hydrogen-bond acceptors (Lipinski definition) is 2. The number of hydrogen-bond donors (Lipinski definition) is 1. The molecule has 0 saturated heterocycles. The van der Waals surface area contributed by atoms with Crippen molar-refractivity contribution < 1.29 is 4.39 Å². The smallest absolute Gasteiger partial charge is 0.123 e. The molecule has 0 radical (unpaired) electrons. The van der Waals surface area contributed by atoms with Crippen LogP contribution in [0.25, 0.3) is 0 Å². The van der Waals surface area contributed by atoms with Gasteiger partial charge in [0.15, 0.2) is 0 Å². The minimum atomic E-state index is -0.442. The monoisotopic (exact) mass is 278 g/mol. The molecular formula is C15H16ClFN2. The maximum atomic E-state index is 12.9. The summed E-state index contributed by atoms with van der Waals surface area (Å²) in [5.74, 6) is -0.236. The molecule has 1 aromatic carbocycles. The van der Waals surface area contributed by atoms with Gasteiger partial charge >= 0.3 is 0 Å². The van der Waals surface area contributed by atoms with Gasteiger partial charge in [0.25, 0.3) is 0 Å². The van der Waals surface area contributed by atoms with Crippen LogP contribution in [0.3, 0.4) is 0 Å². The Balaban J connectivity index is 2.10. The summed E-state index contributed by atoms with van der Waals surface area (Å²) in [6.07, 6.45) is 4.62. The van der Waals surface area contributed by atoms with Crippen LogP contribution < -0.4 is 5.73 Å². The van der Waals surface area contributed by atoms with Crippen molar-refractivity contribution in [2.45, 2.75) is 25.3 Å². The molecule has 0 aliphatic heterocycles. The van der Waals surface area contributed by atoms with E-state index in [9.17, 15) is 4.39 Å². The van der Waals surface area contributed by atoms with Crippen LogP contribution in [0.4, 0.5) is 4.39 Å². The summed E-state index contributed by atoms with van der Waals surface area (Å²) in [6.45, 7) is 1.97. The van der Waals surface area contributed by atoms with Gasteiger partial charge in [0.2, 0.25) is 0 Å². The zero-order valence-corrected chi connectivity index (χ0v) is 11.5. The predicted molar refractivity (Wildman–Crippen MR) is 75.6 cm³/mol. The Morgan fingerprint density at radius 3 is 2.53 bits per heavy atom. The van der Waals surface area contributed by atoms with E-state index in [0.717, 1.165) is 11.1 Å². The summed E-state index contributed by atoms with van der Waals surface area (Å²) in [5.41, 5.74) is 7.86. The Labute approximate surface area is 117 Å². The van der Waals surface area contributed by atoms with Crippen molar-refractivity contribution >= 4 is 11.6 Å². The number of nitrogens with two attached hydrogens (primary N) is 1. The number of halogens is 2. The third kappa shape index (κ3) is 4.01. The molecule has 2 N–H and O–H groups in total. The second-order valence-corrected chi connectivity index (χ2v) is 5.51. The van der Waals surface area contributed by atoms with Gasteiger partial charge in [-0.2, -0.15) is 0 Å². The highest BCUT2D eigenvalue weighted by molar-refractivity contribution is 6.31. The van der Waals surface area contributed by atoms with Crippen molar-refractivity contribution in [3.63, 3.8) is 0 Å². The minimum Gasteiger partial charge on any atom is -0.325 e. The highest BCUT2D eigenvalue weighted by atomic mass is 35.5. The molecule has 1 aromatic heterocycles. The van der Waals surface area contributed by atoms with E-state index in [2.05, 4.69) is 4.98 Å². The summed E-state index contributed by atoms with van der Waals surface area (Å²) in [4.78, 5) is 3.95. The molecule has 0 aliphatic rings. The zero-order chi connectivity index (χ0) is 13.9. The fourth-order valence-electron chi connectivity index (χ4n) is 2.11.